The third kappa shape index (κ3) is 3.74. The average molecular weight is 255 g/mol. The maximum atomic E-state index is 11.0. The smallest absolute Gasteiger partial charge is 0.309 e. The highest BCUT2D eigenvalue weighted by atomic mass is 35.5. The molecule has 0 fully saturated rings. The summed E-state index contributed by atoms with van der Waals surface area (Å²) in [5.41, 5.74) is 0.422. The highest BCUT2D eigenvalue weighted by Gasteiger charge is 2.27. The highest BCUT2D eigenvalue weighted by Crippen LogP contribution is 2.32. The Morgan fingerprint density at radius 2 is 2.00 bits per heavy atom. The standard InChI is InChI=1S/C14H19ClO2/c1-10(8-9-14(2,3)13(16)17)11-6-4-5-7-12(11)15/h4-7,10H,8-9H2,1-3H3,(H,16,17). The molecule has 0 aliphatic carbocycles. The molecular weight excluding hydrogens is 236 g/mol. The molecule has 0 radical (unpaired) electrons. The van der Waals surface area contributed by atoms with E-state index >= 15 is 0 Å². The molecule has 0 saturated heterocycles. The van der Waals surface area contributed by atoms with Gasteiger partial charge in [0.1, 0.15) is 0 Å². The van der Waals surface area contributed by atoms with E-state index in [0.717, 1.165) is 17.0 Å². The zero-order chi connectivity index (χ0) is 13.1. The summed E-state index contributed by atoms with van der Waals surface area (Å²) in [5, 5.41) is 9.81. The van der Waals surface area contributed by atoms with Crippen LogP contribution < -0.4 is 0 Å². The molecule has 0 aromatic heterocycles. The van der Waals surface area contributed by atoms with E-state index < -0.39 is 11.4 Å². The Kier molecular flexibility index (Phi) is 4.58. The van der Waals surface area contributed by atoms with Gasteiger partial charge in [0.05, 0.1) is 5.41 Å². The van der Waals surface area contributed by atoms with E-state index in [9.17, 15) is 4.79 Å². The lowest BCUT2D eigenvalue weighted by Crippen LogP contribution is -2.23. The second kappa shape index (κ2) is 5.54. The molecule has 3 heteroatoms. The predicted octanol–water partition coefficient (Wildman–Crippen LogP) is 4.33. The lowest BCUT2D eigenvalue weighted by atomic mass is 9.83. The van der Waals surface area contributed by atoms with Gasteiger partial charge < -0.3 is 5.11 Å². The highest BCUT2D eigenvalue weighted by molar-refractivity contribution is 6.31. The molecule has 0 heterocycles. The Bertz CT molecular complexity index is 399. The molecule has 1 unspecified atom stereocenters. The van der Waals surface area contributed by atoms with Crippen LogP contribution in [0.1, 0.15) is 45.1 Å². The Balaban J connectivity index is 2.65. The minimum absolute atomic E-state index is 0.280. The van der Waals surface area contributed by atoms with E-state index in [4.69, 9.17) is 16.7 Å². The van der Waals surface area contributed by atoms with E-state index in [-0.39, 0.29) is 5.92 Å². The van der Waals surface area contributed by atoms with Crippen molar-refractivity contribution in [2.45, 2.75) is 39.5 Å². The molecule has 0 aliphatic heterocycles. The number of aliphatic carboxylic acids is 1. The van der Waals surface area contributed by atoms with Crippen molar-refractivity contribution in [1.82, 2.24) is 0 Å². The van der Waals surface area contributed by atoms with Gasteiger partial charge in [0.15, 0.2) is 0 Å². The fraction of sp³-hybridized carbons (Fsp3) is 0.500. The van der Waals surface area contributed by atoms with Crippen LogP contribution in [0.15, 0.2) is 24.3 Å². The maximum Gasteiger partial charge on any atom is 0.309 e. The van der Waals surface area contributed by atoms with E-state index in [1.807, 2.05) is 24.3 Å². The first-order valence-corrected chi connectivity index (χ1v) is 6.20. The van der Waals surface area contributed by atoms with Crippen LogP contribution in [0.2, 0.25) is 5.02 Å². The normalized spacial score (nSPS) is 13.4. The largest absolute Gasteiger partial charge is 0.481 e. The van der Waals surface area contributed by atoms with E-state index in [0.29, 0.717) is 6.42 Å². The molecule has 1 atom stereocenters. The second-order valence-corrected chi connectivity index (χ2v) is 5.56. The summed E-state index contributed by atoms with van der Waals surface area (Å²) in [6.45, 7) is 5.60. The van der Waals surface area contributed by atoms with Gasteiger partial charge >= 0.3 is 5.97 Å². The maximum absolute atomic E-state index is 11.0. The number of carbonyl (C=O) groups is 1. The van der Waals surface area contributed by atoms with E-state index in [1.165, 1.54) is 0 Å². The van der Waals surface area contributed by atoms with Crippen LogP contribution in [0.3, 0.4) is 0 Å². The summed E-state index contributed by atoms with van der Waals surface area (Å²) in [6.07, 6.45) is 1.47. The predicted molar refractivity (Wildman–Crippen MR) is 70.5 cm³/mol. The van der Waals surface area contributed by atoms with Crippen LogP contribution in [-0.2, 0) is 4.79 Å². The first-order valence-electron chi connectivity index (χ1n) is 5.82. The zero-order valence-corrected chi connectivity index (χ0v) is 11.3. The van der Waals surface area contributed by atoms with Gasteiger partial charge in [0, 0.05) is 5.02 Å². The topological polar surface area (TPSA) is 37.3 Å². The fourth-order valence-corrected chi connectivity index (χ4v) is 2.04. The van der Waals surface area contributed by atoms with Crippen LogP contribution in [0.5, 0.6) is 0 Å². The monoisotopic (exact) mass is 254 g/mol. The van der Waals surface area contributed by atoms with Crippen molar-refractivity contribution in [3.05, 3.63) is 34.9 Å². The van der Waals surface area contributed by atoms with Gasteiger partial charge in [-0.25, -0.2) is 0 Å². The summed E-state index contributed by atoms with van der Waals surface area (Å²) in [6, 6.07) is 7.73. The third-order valence-electron chi connectivity index (χ3n) is 3.22. The van der Waals surface area contributed by atoms with Gasteiger partial charge in [-0.05, 0) is 44.2 Å². The lowest BCUT2D eigenvalue weighted by molar-refractivity contribution is -0.147. The van der Waals surface area contributed by atoms with Crippen LogP contribution in [0, 0.1) is 5.41 Å². The SMILES string of the molecule is CC(CCC(C)(C)C(=O)O)c1ccccc1Cl. The van der Waals surface area contributed by atoms with Crippen molar-refractivity contribution >= 4 is 17.6 Å². The Morgan fingerprint density at radius 1 is 1.41 bits per heavy atom. The fourth-order valence-electron chi connectivity index (χ4n) is 1.71. The molecule has 0 saturated carbocycles. The molecule has 17 heavy (non-hydrogen) atoms. The first kappa shape index (κ1) is 14.0. The second-order valence-electron chi connectivity index (χ2n) is 5.15. The third-order valence-corrected chi connectivity index (χ3v) is 3.56. The van der Waals surface area contributed by atoms with Crippen molar-refractivity contribution in [1.29, 1.82) is 0 Å². The van der Waals surface area contributed by atoms with Crippen molar-refractivity contribution < 1.29 is 9.90 Å². The molecule has 0 amide bonds. The minimum Gasteiger partial charge on any atom is -0.481 e. The van der Waals surface area contributed by atoms with Gasteiger partial charge in [-0.1, -0.05) is 36.7 Å². The molecule has 2 nitrogen and oxygen atoms in total. The average Bonchev–Trinajstić information content (AvgIpc) is 2.26. The molecule has 1 aromatic rings. The van der Waals surface area contributed by atoms with Crippen molar-refractivity contribution in [3.8, 4) is 0 Å². The zero-order valence-electron chi connectivity index (χ0n) is 10.5. The number of rotatable bonds is 5. The lowest BCUT2D eigenvalue weighted by Gasteiger charge is -2.22. The Morgan fingerprint density at radius 3 is 2.53 bits per heavy atom. The quantitative estimate of drug-likeness (QED) is 0.849. The van der Waals surface area contributed by atoms with Crippen LogP contribution in [-0.4, -0.2) is 11.1 Å². The van der Waals surface area contributed by atoms with Crippen LogP contribution >= 0.6 is 11.6 Å². The van der Waals surface area contributed by atoms with E-state index in [2.05, 4.69) is 6.92 Å². The number of benzene rings is 1. The Hall–Kier alpha value is -1.02. The van der Waals surface area contributed by atoms with Crippen molar-refractivity contribution in [3.63, 3.8) is 0 Å². The first-order chi connectivity index (χ1) is 7.84. The summed E-state index contributed by atoms with van der Waals surface area (Å²) < 4.78 is 0. The van der Waals surface area contributed by atoms with Gasteiger partial charge in [-0.2, -0.15) is 0 Å². The van der Waals surface area contributed by atoms with Gasteiger partial charge in [0.25, 0.3) is 0 Å². The Labute approximate surface area is 108 Å². The van der Waals surface area contributed by atoms with E-state index in [1.54, 1.807) is 13.8 Å². The minimum atomic E-state index is -0.746. The van der Waals surface area contributed by atoms with Crippen LogP contribution in [0.25, 0.3) is 0 Å². The molecule has 0 bridgehead atoms. The number of hydrogen-bond donors (Lipinski definition) is 1. The van der Waals surface area contributed by atoms with Crippen LogP contribution in [0.4, 0.5) is 0 Å². The summed E-state index contributed by atoms with van der Waals surface area (Å²) in [7, 11) is 0. The van der Waals surface area contributed by atoms with Crippen molar-refractivity contribution in [2.75, 3.05) is 0 Å². The van der Waals surface area contributed by atoms with Gasteiger partial charge in [-0.15, -0.1) is 0 Å². The van der Waals surface area contributed by atoms with Crippen molar-refractivity contribution in [2.24, 2.45) is 5.41 Å². The molecule has 1 aromatic carbocycles. The number of carboxylic acids is 1. The summed E-state index contributed by atoms with van der Waals surface area (Å²) in [4.78, 5) is 11.0. The molecule has 94 valence electrons. The molecule has 0 spiro atoms. The van der Waals surface area contributed by atoms with Gasteiger partial charge in [0.2, 0.25) is 0 Å². The molecule has 1 N–H and O–H groups in total. The molecule has 1 rings (SSSR count). The number of carboxylic acid groups (broad SMARTS) is 1. The summed E-state index contributed by atoms with van der Waals surface area (Å²) >= 11 is 6.12. The van der Waals surface area contributed by atoms with Gasteiger partial charge in [-0.3, -0.25) is 4.79 Å². The molecule has 0 aliphatic rings. The number of halogens is 1. The number of hydrogen-bond acceptors (Lipinski definition) is 1. The molecular formula is C14H19ClO2. The summed E-state index contributed by atoms with van der Waals surface area (Å²) in [5.74, 6) is -0.466.